The predicted molar refractivity (Wildman–Crippen MR) is 102 cm³/mol. The van der Waals surface area contributed by atoms with Gasteiger partial charge in [-0.3, -0.25) is 4.79 Å². The third-order valence-electron chi connectivity index (χ3n) is 3.88. The second-order valence-electron chi connectivity index (χ2n) is 6.00. The molecule has 0 radical (unpaired) electrons. The van der Waals surface area contributed by atoms with Gasteiger partial charge in [0, 0.05) is 6.04 Å². The van der Waals surface area contributed by atoms with Crippen LogP contribution >= 0.6 is 23.1 Å². The number of nitrogens with zero attached hydrogens (tertiary/aromatic N) is 2. The van der Waals surface area contributed by atoms with Crippen molar-refractivity contribution in [2.75, 3.05) is 5.32 Å². The van der Waals surface area contributed by atoms with Crippen LogP contribution in [0.25, 0.3) is 0 Å². The quantitative estimate of drug-likeness (QED) is 0.572. The number of nitrogens with one attached hydrogen (secondary N) is 2. The molecular formula is C18H18N4O2S2. The molecule has 2 N–H and O–H groups in total. The highest BCUT2D eigenvalue weighted by Gasteiger charge is 2.29. The van der Waals surface area contributed by atoms with Crippen LogP contribution in [0.4, 0.5) is 5.13 Å². The Bertz CT molecular complexity index is 847. The lowest BCUT2D eigenvalue weighted by Crippen LogP contribution is -2.29. The van der Waals surface area contributed by atoms with Gasteiger partial charge in [-0.1, -0.05) is 53.4 Å². The largest absolute Gasteiger partial charge is 0.467 e. The van der Waals surface area contributed by atoms with Gasteiger partial charge in [-0.2, -0.15) is 0 Å². The summed E-state index contributed by atoms with van der Waals surface area (Å²) in [7, 11) is 0. The first-order chi connectivity index (χ1) is 12.8. The number of carbonyl (C=O) groups is 1. The summed E-state index contributed by atoms with van der Waals surface area (Å²) in [5.74, 6) is 0.865. The van der Waals surface area contributed by atoms with E-state index >= 15 is 0 Å². The smallest absolute Gasteiger partial charge is 0.238 e. The maximum Gasteiger partial charge on any atom is 0.238 e. The van der Waals surface area contributed by atoms with Crippen molar-refractivity contribution in [3.63, 3.8) is 0 Å². The Morgan fingerprint density at radius 2 is 2.08 bits per heavy atom. The van der Waals surface area contributed by atoms with Gasteiger partial charge in [0.15, 0.2) is 4.34 Å². The predicted octanol–water partition coefficient (Wildman–Crippen LogP) is 3.86. The summed E-state index contributed by atoms with van der Waals surface area (Å²) in [6, 6.07) is 13.9. The standard InChI is InChI=1S/C18H18N4O2S2/c23-16(20-13-8-9-13)15(12-5-2-1-3-6-12)25-18-22-21-17(26-18)19-11-14-7-4-10-24-14/h1-7,10,13,15H,8-9,11H2,(H,19,21)(H,20,23)/t15-/m0/s1. The van der Waals surface area contributed by atoms with Gasteiger partial charge >= 0.3 is 0 Å². The number of hydrogen-bond donors (Lipinski definition) is 2. The first-order valence-corrected chi connectivity index (χ1v) is 10.1. The van der Waals surface area contributed by atoms with Gasteiger partial charge in [0.25, 0.3) is 0 Å². The van der Waals surface area contributed by atoms with Crippen molar-refractivity contribution >= 4 is 34.1 Å². The van der Waals surface area contributed by atoms with Gasteiger partial charge in [0.1, 0.15) is 11.0 Å². The number of amides is 1. The molecule has 1 atom stereocenters. The van der Waals surface area contributed by atoms with E-state index in [9.17, 15) is 4.79 Å². The summed E-state index contributed by atoms with van der Waals surface area (Å²) in [5.41, 5.74) is 0.968. The van der Waals surface area contributed by atoms with Crippen molar-refractivity contribution in [1.82, 2.24) is 15.5 Å². The van der Waals surface area contributed by atoms with E-state index in [0.717, 1.165) is 28.5 Å². The molecule has 2 heterocycles. The van der Waals surface area contributed by atoms with Gasteiger partial charge in [-0.25, -0.2) is 0 Å². The van der Waals surface area contributed by atoms with Gasteiger partial charge in [0.05, 0.1) is 12.8 Å². The average Bonchev–Trinajstić information content (AvgIpc) is 3.14. The van der Waals surface area contributed by atoms with Gasteiger partial charge < -0.3 is 15.1 Å². The second-order valence-corrected chi connectivity index (χ2v) is 8.33. The van der Waals surface area contributed by atoms with Gasteiger partial charge in [-0.05, 0) is 30.5 Å². The minimum atomic E-state index is -0.331. The molecule has 1 aromatic carbocycles. The zero-order valence-electron chi connectivity index (χ0n) is 13.9. The van der Waals surface area contributed by atoms with E-state index in [2.05, 4.69) is 20.8 Å². The number of carbonyl (C=O) groups excluding carboxylic acids is 1. The molecule has 4 rings (SSSR count). The topological polar surface area (TPSA) is 80.0 Å². The number of hydrogen-bond acceptors (Lipinski definition) is 7. The fraction of sp³-hybridized carbons (Fsp3) is 0.278. The summed E-state index contributed by atoms with van der Waals surface area (Å²) in [5, 5.41) is 15.0. The number of benzene rings is 1. The molecule has 1 fully saturated rings. The number of rotatable bonds is 8. The number of thioether (sulfide) groups is 1. The van der Waals surface area contributed by atoms with Crippen molar-refractivity contribution < 1.29 is 9.21 Å². The van der Waals surface area contributed by atoms with Crippen LogP contribution in [0.15, 0.2) is 57.5 Å². The van der Waals surface area contributed by atoms with E-state index in [1.165, 1.54) is 23.1 Å². The molecule has 6 nitrogen and oxygen atoms in total. The fourth-order valence-corrected chi connectivity index (χ4v) is 4.36. The molecule has 26 heavy (non-hydrogen) atoms. The monoisotopic (exact) mass is 386 g/mol. The molecule has 0 spiro atoms. The van der Waals surface area contributed by atoms with E-state index in [1.807, 2.05) is 42.5 Å². The van der Waals surface area contributed by atoms with Crippen molar-refractivity contribution in [2.24, 2.45) is 0 Å². The van der Waals surface area contributed by atoms with E-state index in [1.54, 1.807) is 6.26 Å². The molecule has 1 amide bonds. The van der Waals surface area contributed by atoms with E-state index < -0.39 is 0 Å². The zero-order chi connectivity index (χ0) is 17.8. The molecule has 0 saturated heterocycles. The second kappa shape index (κ2) is 7.92. The normalized spacial score (nSPS) is 14.8. The van der Waals surface area contributed by atoms with Crippen LogP contribution in [0.1, 0.15) is 29.4 Å². The molecule has 134 valence electrons. The highest BCUT2D eigenvalue weighted by molar-refractivity contribution is 8.01. The Morgan fingerprint density at radius 1 is 1.23 bits per heavy atom. The molecule has 1 aliphatic carbocycles. The third kappa shape index (κ3) is 4.44. The molecule has 1 aliphatic rings. The summed E-state index contributed by atoms with van der Waals surface area (Å²) in [6.07, 6.45) is 3.77. The molecule has 2 aromatic heterocycles. The fourth-order valence-electron chi connectivity index (χ4n) is 2.41. The van der Waals surface area contributed by atoms with Crippen molar-refractivity contribution in [3.8, 4) is 0 Å². The number of anilines is 1. The lowest BCUT2D eigenvalue weighted by molar-refractivity contribution is -0.120. The first kappa shape index (κ1) is 17.1. The number of aromatic nitrogens is 2. The molecule has 0 bridgehead atoms. The first-order valence-electron chi connectivity index (χ1n) is 8.39. The van der Waals surface area contributed by atoms with Crippen LogP contribution in [0.5, 0.6) is 0 Å². The van der Waals surface area contributed by atoms with E-state index in [4.69, 9.17) is 4.42 Å². The van der Waals surface area contributed by atoms with Crippen molar-refractivity contribution in [2.45, 2.75) is 35.0 Å². The highest BCUT2D eigenvalue weighted by Crippen LogP contribution is 2.38. The van der Waals surface area contributed by atoms with Crippen LogP contribution in [-0.4, -0.2) is 22.1 Å². The maximum atomic E-state index is 12.7. The van der Waals surface area contributed by atoms with E-state index in [-0.39, 0.29) is 11.2 Å². The zero-order valence-corrected chi connectivity index (χ0v) is 15.6. The Kier molecular flexibility index (Phi) is 5.21. The summed E-state index contributed by atoms with van der Waals surface area (Å²) < 4.78 is 6.05. The summed E-state index contributed by atoms with van der Waals surface area (Å²) >= 11 is 2.87. The van der Waals surface area contributed by atoms with Gasteiger partial charge in [-0.15, -0.1) is 10.2 Å². The maximum absolute atomic E-state index is 12.7. The van der Waals surface area contributed by atoms with Crippen LogP contribution < -0.4 is 10.6 Å². The molecule has 1 saturated carbocycles. The Hall–Kier alpha value is -2.32. The van der Waals surface area contributed by atoms with Crippen molar-refractivity contribution in [1.29, 1.82) is 0 Å². The average molecular weight is 387 g/mol. The highest BCUT2D eigenvalue weighted by atomic mass is 32.2. The lowest BCUT2D eigenvalue weighted by atomic mass is 10.1. The Morgan fingerprint density at radius 3 is 2.81 bits per heavy atom. The minimum absolute atomic E-state index is 0.0315. The Labute approximate surface area is 159 Å². The third-order valence-corrected chi connectivity index (χ3v) is 6.10. The minimum Gasteiger partial charge on any atom is -0.467 e. The van der Waals surface area contributed by atoms with E-state index in [0.29, 0.717) is 17.7 Å². The summed E-state index contributed by atoms with van der Waals surface area (Å²) in [4.78, 5) is 12.7. The molecule has 0 unspecified atom stereocenters. The SMILES string of the molecule is O=C(NC1CC1)[C@@H](Sc1nnc(NCc2ccco2)s1)c1ccccc1. The lowest BCUT2D eigenvalue weighted by Gasteiger charge is -2.15. The molecule has 0 aliphatic heterocycles. The molecule has 3 aromatic rings. The van der Waals surface area contributed by atoms with Gasteiger partial charge in [0.2, 0.25) is 11.0 Å². The van der Waals surface area contributed by atoms with Crippen molar-refractivity contribution in [3.05, 3.63) is 60.1 Å². The Balaban J connectivity index is 1.44. The molecule has 8 heteroatoms. The van der Waals surface area contributed by atoms with Crippen LogP contribution in [0, 0.1) is 0 Å². The summed E-state index contributed by atoms with van der Waals surface area (Å²) in [6.45, 7) is 0.552. The van der Waals surface area contributed by atoms with Crippen LogP contribution in [0.3, 0.4) is 0 Å². The number of furan rings is 1. The van der Waals surface area contributed by atoms with Crippen LogP contribution in [0.2, 0.25) is 0 Å². The molecular weight excluding hydrogens is 368 g/mol. The van der Waals surface area contributed by atoms with Crippen LogP contribution in [-0.2, 0) is 11.3 Å².